The number of nitrogens with zero attached hydrogens (tertiary/aromatic N) is 4. The maximum Gasteiger partial charge on any atom is 0.193 e. The molecule has 114 valence electrons. The molecule has 1 aromatic rings. The molecule has 0 saturated carbocycles. The second-order valence-corrected chi connectivity index (χ2v) is 4.45. The maximum absolute atomic E-state index is 4.28. The summed E-state index contributed by atoms with van der Waals surface area (Å²) < 4.78 is 1.94. The molecule has 0 aliphatic carbocycles. The molecule has 1 rings (SSSR count). The van der Waals surface area contributed by atoms with Crippen LogP contribution in [0, 0.1) is 0 Å². The van der Waals surface area contributed by atoms with E-state index in [0.717, 1.165) is 44.9 Å². The third-order valence-corrected chi connectivity index (χ3v) is 2.88. The Bertz CT molecular complexity index is 375. The van der Waals surface area contributed by atoms with Crippen molar-refractivity contribution in [3.05, 3.63) is 31.1 Å². The van der Waals surface area contributed by atoms with Gasteiger partial charge in [0.05, 0.1) is 0 Å². The largest absolute Gasteiger partial charge is 0.356 e. The Hall–Kier alpha value is -1.05. The van der Waals surface area contributed by atoms with E-state index in [1.165, 1.54) is 0 Å². The van der Waals surface area contributed by atoms with Crippen LogP contribution in [0.1, 0.15) is 19.3 Å². The summed E-state index contributed by atoms with van der Waals surface area (Å²) in [5.41, 5.74) is 0. The molecule has 0 atom stereocenters. The van der Waals surface area contributed by atoms with Crippen molar-refractivity contribution in [3.63, 3.8) is 0 Å². The van der Waals surface area contributed by atoms with E-state index in [-0.39, 0.29) is 24.0 Å². The summed E-state index contributed by atoms with van der Waals surface area (Å²) in [6.45, 7) is 6.55. The number of guanidine groups is 1. The Kier molecular flexibility index (Phi) is 11.1. The van der Waals surface area contributed by atoms with E-state index in [1.807, 2.05) is 30.1 Å². The van der Waals surface area contributed by atoms with Crippen LogP contribution in [0.25, 0.3) is 0 Å². The van der Waals surface area contributed by atoms with Gasteiger partial charge in [-0.05, 0) is 25.3 Å². The fraction of sp³-hybridized carbons (Fsp3) is 0.571. The van der Waals surface area contributed by atoms with Crippen LogP contribution in [0.2, 0.25) is 0 Å². The van der Waals surface area contributed by atoms with E-state index in [1.54, 1.807) is 6.20 Å². The van der Waals surface area contributed by atoms with Gasteiger partial charge in [0.15, 0.2) is 5.96 Å². The molecule has 0 saturated heterocycles. The molecule has 1 heterocycles. The quantitative estimate of drug-likeness (QED) is 0.243. The molecule has 0 bridgehead atoms. The van der Waals surface area contributed by atoms with E-state index < -0.39 is 0 Å². The van der Waals surface area contributed by atoms with Crippen LogP contribution < -0.4 is 5.32 Å². The first-order valence-corrected chi connectivity index (χ1v) is 6.78. The molecule has 0 aliphatic rings. The zero-order valence-electron chi connectivity index (χ0n) is 12.5. The number of hydrogen-bond donors (Lipinski definition) is 1. The fourth-order valence-corrected chi connectivity index (χ4v) is 1.84. The topological polar surface area (TPSA) is 45.5 Å². The predicted molar refractivity (Wildman–Crippen MR) is 95.7 cm³/mol. The first-order valence-electron chi connectivity index (χ1n) is 6.78. The van der Waals surface area contributed by atoms with E-state index in [2.05, 4.69) is 33.9 Å². The smallest absolute Gasteiger partial charge is 0.193 e. The number of aliphatic imine (C=N–C) groups is 1. The summed E-state index contributed by atoms with van der Waals surface area (Å²) in [7, 11) is 3.88. The number of unbranched alkanes of at least 4 members (excludes halogenated alkanes) is 1. The second kappa shape index (κ2) is 11.7. The molecular formula is C14H26IN5. The lowest BCUT2D eigenvalue weighted by Crippen LogP contribution is -2.40. The summed E-state index contributed by atoms with van der Waals surface area (Å²) in [5, 5.41) is 7.54. The highest BCUT2D eigenvalue weighted by Gasteiger charge is 2.03. The normalized spacial score (nSPS) is 10.8. The van der Waals surface area contributed by atoms with Gasteiger partial charge in [0.2, 0.25) is 0 Å². The van der Waals surface area contributed by atoms with E-state index in [9.17, 15) is 0 Å². The van der Waals surface area contributed by atoms with Crippen molar-refractivity contribution in [1.82, 2.24) is 20.0 Å². The lowest BCUT2D eigenvalue weighted by Gasteiger charge is -2.21. The summed E-state index contributed by atoms with van der Waals surface area (Å²) in [5.74, 6) is 0.949. The first-order chi connectivity index (χ1) is 9.27. The van der Waals surface area contributed by atoms with Gasteiger partial charge >= 0.3 is 0 Å². The molecule has 6 heteroatoms. The second-order valence-electron chi connectivity index (χ2n) is 4.45. The van der Waals surface area contributed by atoms with Crippen LogP contribution >= 0.6 is 24.0 Å². The molecule has 0 aliphatic heterocycles. The summed E-state index contributed by atoms with van der Waals surface area (Å²) in [6.07, 6.45) is 8.92. The van der Waals surface area contributed by atoms with Crippen molar-refractivity contribution in [2.45, 2.75) is 25.8 Å². The monoisotopic (exact) mass is 391 g/mol. The Morgan fingerprint density at radius 3 is 2.90 bits per heavy atom. The van der Waals surface area contributed by atoms with Crippen LogP contribution in [0.15, 0.2) is 36.1 Å². The summed E-state index contributed by atoms with van der Waals surface area (Å²) in [6, 6.07) is 1.94. The molecule has 1 aromatic heterocycles. The van der Waals surface area contributed by atoms with Gasteiger partial charge in [0.1, 0.15) is 0 Å². The molecule has 0 radical (unpaired) electrons. The highest BCUT2D eigenvalue weighted by molar-refractivity contribution is 14.0. The Balaban J connectivity index is 0.00000361. The number of aryl methyl sites for hydroxylation is 1. The van der Waals surface area contributed by atoms with Crippen molar-refractivity contribution < 1.29 is 0 Å². The molecule has 0 unspecified atom stereocenters. The zero-order valence-corrected chi connectivity index (χ0v) is 14.8. The van der Waals surface area contributed by atoms with Crippen molar-refractivity contribution >= 4 is 29.9 Å². The number of nitrogens with one attached hydrogen (secondary N) is 1. The molecule has 1 N–H and O–H groups in total. The lowest BCUT2D eigenvalue weighted by molar-refractivity contribution is 0.465. The van der Waals surface area contributed by atoms with Crippen molar-refractivity contribution in [1.29, 1.82) is 0 Å². The van der Waals surface area contributed by atoms with Crippen molar-refractivity contribution in [2.75, 3.05) is 27.2 Å². The molecule has 0 spiro atoms. The third-order valence-electron chi connectivity index (χ3n) is 2.88. The van der Waals surface area contributed by atoms with Crippen LogP contribution in [0.5, 0.6) is 0 Å². The van der Waals surface area contributed by atoms with Crippen molar-refractivity contribution in [2.24, 2.45) is 4.99 Å². The minimum Gasteiger partial charge on any atom is -0.356 e. The maximum atomic E-state index is 4.28. The first kappa shape index (κ1) is 18.9. The molecule has 5 nitrogen and oxygen atoms in total. The Morgan fingerprint density at radius 1 is 1.50 bits per heavy atom. The SMILES string of the molecule is C=CCCCN(C)C(=NC)NCCCn1cccn1.I. The van der Waals surface area contributed by atoms with Gasteiger partial charge in [0, 0.05) is 46.1 Å². The molecular weight excluding hydrogens is 365 g/mol. The molecule has 0 fully saturated rings. The van der Waals surface area contributed by atoms with Crippen LogP contribution in [0.4, 0.5) is 0 Å². The minimum absolute atomic E-state index is 0. The molecule has 20 heavy (non-hydrogen) atoms. The number of aromatic nitrogens is 2. The van der Waals surface area contributed by atoms with Gasteiger partial charge < -0.3 is 10.2 Å². The fourth-order valence-electron chi connectivity index (χ4n) is 1.84. The molecule has 0 amide bonds. The third kappa shape index (κ3) is 7.52. The van der Waals surface area contributed by atoms with Gasteiger partial charge in [-0.15, -0.1) is 30.6 Å². The van der Waals surface area contributed by atoms with E-state index >= 15 is 0 Å². The average Bonchev–Trinajstić information content (AvgIpc) is 2.92. The van der Waals surface area contributed by atoms with Crippen LogP contribution in [0.3, 0.4) is 0 Å². The predicted octanol–water partition coefficient (Wildman–Crippen LogP) is 2.36. The standard InChI is InChI=1S/C14H25N5.HI/c1-4-5-6-11-18(3)14(15-2)16-9-7-12-19-13-8-10-17-19;/h4,8,10,13H,1,5-7,9,11-12H2,2-3H3,(H,15,16);1H. The highest BCUT2D eigenvalue weighted by atomic mass is 127. The Labute approximate surface area is 139 Å². The van der Waals surface area contributed by atoms with Gasteiger partial charge in [-0.3, -0.25) is 9.67 Å². The van der Waals surface area contributed by atoms with E-state index in [0.29, 0.717) is 0 Å². The van der Waals surface area contributed by atoms with Gasteiger partial charge in [-0.2, -0.15) is 5.10 Å². The average molecular weight is 391 g/mol. The summed E-state index contributed by atoms with van der Waals surface area (Å²) >= 11 is 0. The van der Waals surface area contributed by atoms with Crippen LogP contribution in [-0.2, 0) is 6.54 Å². The van der Waals surface area contributed by atoms with Crippen LogP contribution in [-0.4, -0.2) is 47.8 Å². The summed E-state index contributed by atoms with van der Waals surface area (Å²) in [4.78, 5) is 6.43. The molecule has 0 aromatic carbocycles. The highest BCUT2D eigenvalue weighted by Crippen LogP contribution is 1.95. The number of halogens is 1. The van der Waals surface area contributed by atoms with Crippen molar-refractivity contribution in [3.8, 4) is 0 Å². The number of hydrogen-bond acceptors (Lipinski definition) is 2. The van der Waals surface area contributed by atoms with Gasteiger partial charge in [0.25, 0.3) is 0 Å². The minimum atomic E-state index is 0. The van der Waals surface area contributed by atoms with Gasteiger partial charge in [-0.25, -0.2) is 0 Å². The van der Waals surface area contributed by atoms with E-state index in [4.69, 9.17) is 0 Å². The number of rotatable bonds is 8. The Morgan fingerprint density at radius 2 is 2.30 bits per heavy atom. The zero-order chi connectivity index (χ0) is 13.9. The van der Waals surface area contributed by atoms with Gasteiger partial charge in [-0.1, -0.05) is 6.08 Å². The lowest BCUT2D eigenvalue weighted by atomic mass is 10.3. The number of allylic oxidation sites excluding steroid dienone is 1.